The zero-order valence-electron chi connectivity index (χ0n) is 8.75. The molecule has 1 atom stereocenters. The van der Waals surface area contributed by atoms with Crippen LogP contribution in [0.15, 0.2) is 21.5 Å². The first-order valence-corrected chi connectivity index (χ1v) is 6.84. The Bertz CT molecular complexity index is 496. The summed E-state index contributed by atoms with van der Waals surface area (Å²) < 4.78 is 51.3. The van der Waals surface area contributed by atoms with Gasteiger partial charge in [-0.25, -0.2) is 21.9 Å². The number of hydrogen-bond acceptors (Lipinski definition) is 3. The van der Waals surface area contributed by atoms with Crippen LogP contribution in [0.4, 0.5) is 8.78 Å². The Morgan fingerprint density at radius 1 is 1.47 bits per heavy atom. The highest BCUT2D eigenvalue weighted by Gasteiger charge is 2.23. The van der Waals surface area contributed by atoms with Crippen LogP contribution in [0.5, 0.6) is 0 Å². The normalized spacial score (nSPS) is 13.7. The maximum atomic E-state index is 13.4. The second-order valence-corrected chi connectivity index (χ2v) is 5.96. The first kappa shape index (κ1) is 14.5. The first-order chi connectivity index (χ1) is 7.74. The monoisotopic (exact) mass is 329 g/mol. The number of sulfonamides is 1. The lowest BCUT2D eigenvalue weighted by Gasteiger charge is -2.10. The Morgan fingerprint density at radius 2 is 2.06 bits per heavy atom. The summed E-state index contributed by atoms with van der Waals surface area (Å²) in [7, 11) is -4.13. The number of rotatable bonds is 4. The molecular formula is C9H10BrF2NO3S. The van der Waals surface area contributed by atoms with Crippen LogP contribution in [0.25, 0.3) is 0 Å². The summed E-state index contributed by atoms with van der Waals surface area (Å²) in [4.78, 5) is -0.681. The highest BCUT2D eigenvalue weighted by Crippen LogP contribution is 2.25. The fourth-order valence-corrected chi connectivity index (χ4v) is 3.37. The zero-order chi connectivity index (χ0) is 13.2. The van der Waals surface area contributed by atoms with Crippen LogP contribution in [0.1, 0.15) is 6.92 Å². The van der Waals surface area contributed by atoms with Crippen LogP contribution in [-0.4, -0.2) is 26.2 Å². The Balaban J connectivity index is 3.16. The molecule has 0 aliphatic rings. The van der Waals surface area contributed by atoms with Gasteiger partial charge < -0.3 is 5.11 Å². The number of hydrogen-bond donors (Lipinski definition) is 2. The maximum Gasteiger partial charge on any atom is 0.244 e. The smallest absolute Gasteiger partial charge is 0.244 e. The second-order valence-electron chi connectivity index (χ2n) is 3.40. The average Bonchev–Trinajstić information content (AvgIpc) is 2.12. The van der Waals surface area contributed by atoms with E-state index in [2.05, 4.69) is 15.9 Å². The van der Waals surface area contributed by atoms with E-state index in [0.29, 0.717) is 6.07 Å². The minimum absolute atomic E-state index is 0.215. The highest BCUT2D eigenvalue weighted by molar-refractivity contribution is 9.10. The van der Waals surface area contributed by atoms with Crippen LogP contribution in [0, 0.1) is 11.6 Å². The molecule has 0 aliphatic carbocycles. The largest absolute Gasteiger partial charge is 0.392 e. The predicted octanol–water partition coefficient (Wildman–Crippen LogP) is 1.39. The number of nitrogens with one attached hydrogen (secondary N) is 1. The quantitative estimate of drug-likeness (QED) is 0.877. The lowest BCUT2D eigenvalue weighted by Crippen LogP contribution is -2.31. The molecule has 8 heteroatoms. The number of aliphatic hydroxyl groups excluding tert-OH is 1. The molecule has 0 saturated heterocycles. The lowest BCUT2D eigenvalue weighted by molar-refractivity contribution is 0.198. The topological polar surface area (TPSA) is 66.4 Å². The summed E-state index contributed by atoms with van der Waals surface area (Å²) in [6.07, 6.45) is -0.910. The SMILES string of the molecule is C[C@@H](O)CNS(=O)(=O)c1c(F)cc(F)cc1Br. The van der Waals surface area contributed by atoms with Gasteiger partial charge in [-0.2, -0.15) is 0 Å². The molecule has 1 rings (SSSR count). The zero-order valence-corrected chi connectivity index (χ0v) is 11.1. The molecule has 0 bridgehead atoms. The molecule has 0 radical (unpaired) electrons. The van der Waals surface area contributed by atoms with Gasteiger partial charge in [0.1, 0.15) is 16.5 Å². The third kappa shape index (κ3) is 3.70. The number of benzene rings is 1. The minimum atomic E-state index is -4.13. The van der Waals surface area contributed by atoms with Crippen molar-refractivity contribution >= 4 is 26.0 Å². The number of aliphatic hydroxyl groups is 1. The van der Waals surface area contributed by atoms with Gasteiger partial charge in [0, 0.05) is 17.1 Å². The molecule has 4 nitrogen and oxygen atoms in total. The average molecular weight is 330 g/mol. The van der Waals surface area contributed by atoms with E-state index in [4.69, 9.17) is 5.11 Å². The molecule has 0 aromatic heterocycles. The van der Waals surface area contributed by atoms with Gasteiger partial charge in [0.15, 0.2) is 0 Å². The van der Waals surface area contributed by atoms with E-state index in [9.17, 15) is 17.2 Å². The minimum Gasteiger partial charge on any atom is -0.392 e. The van der Waals surface area contributed by atoms with Crippen molar-refractivity contribution in [2.45, 2.75) is 17.9 Å². The van der Waals surface area contributed by atoms with E-state index < -0.39 is 32.7 Å². The Morgan fingerprint density at radius 3 is 2.53 bits per heavy atom. The van der Waals surface area contributed by atoms with E-state index in [-0.39, 0.29) is 11.0 Å². The first-order valence-electron chi connectivity index (χ1n) is 4.56. The number of halogens is 3. The molecular weight excluding hydrogens is 320 g/mol. The van der Waals surface area contributed by atoms with Crippen molar-refractivity contribution in [3.63, 3.8) is 0 Å². The molecule has 2 N–H and O–H groups in total. The molecule has 0 aliphatic heterocycles. The molecule has 0 saturated carbocycles. The Labute approximate surface area is 106 Å². The van der Waals surface area contributed by atoms with Crippen molar-refractivity contribution in [2.75, 3.05) is 6.54 Å². The third-order valence-corrected chi connectivity index (χ3v) is 4.19. The van der Waals surface area contributed by atoms with Gasteiger partial charge in [0.2, 0.25) is 10.0 Å². The van der Waals surface area contributed by atoms with Crippen molar-refractivity contribution in [1.82, 2.24) is 4.72 Å². The summed E-state index contributed by atoms with van der Waals surface area (Å²) in [6, 6.07) is 1.32. The summed E-state index contributed by atoms with van der Waals surface area (Å²) >= 11 is 2.78. The van der Waals surface area contributed by atoms with Gasteiger partial charge in [-0.05, 0) is 28.9 Å². The lowest BCUT2D eigenvalue weighted by atomic mass is 10.3. The van der Waals surface area contributed by atoms with Gasteiger partial charge in [0.25, 0.3) is 0 Å². The molecule has 1 aromatic carbocycles. The van der Waals surface area contributed by atoms with Crippen LogP contribution in [0.2, 0.25) is 0 Å². The van der Waals surface area contributed by atoms with Crippen LogP contribution < -0.4 is 4.72 Å². The van der Waals surface area contributed by atoms with Gasteiger partial charge in [-0.3, -0.25) is 0 Å². The van der Waals surface area contributed by atoms with Gasteiger partial charge >= 0.3 is 0 Å². The maximum absolute atomic E-state index is 13.4. The standard InChI is InChI=1S/C9H10BrF2NO3S/c1-5(14)4-13-17(15,16)9-7(10)2-6(11)3-8(9)12/h2-3,5,13-14H,4H2,1H3/t5-/m1/s1. The molecule has 96 valence electrons. The Hall–Kier alpha value is -0.570. The van der Waals surface area contributed by atoms with E-state index >= 15 is 0 Å². The van der Waals surface area contributed by atoms with E-state index in [1.165, 1.54) is 6.92 Å². The van der Waals surface area contributed by atoms with Crippen molar-refractivity contribution in [3.8, 4) is 0 Å². The molecule has 0 heterocycles. The van der Waals surface area contributed by atoms with Gasteiger partial charge in [-0.15, -0.1) is 0 Å². The van der Waals surface area contributed by atoms with E-state index in [0.717, 1.165) is 6.07 Å². The van der Waals surface area contributed by atoms with Crippen molar-refractivity contribution in [3.05, 3.63) is 28.2 Å². The fraction of sp³-hybridized carbons (Fsp3) is 0.333. The van der Waals surface area contributed by atoms with Crippen LogP contribution in [-0.2, 0) is 10.0 Å². The predicted molar refractivity (Wildman–Crippen MR) is 60.9 cm³/mol. The second kappa shape index (κ2) is 5.38. The van der Waals surface area contributed by atoms with Gasteiger partial charge in [0.05, 0.1) is 6.10 Å². The highest BCUT2D eigenvalue weighted by atomic mass is 79.9. The molecule has 0 amide bonds. The van der Waals surface area contributed by atoms with Crippen molar-refractivity contribution in [1.29, 1.82) is 0 Å². The van der Waals surface area contributed by atoms with E-state index in [1.54, 1.807) is 0 Å². The van der Waals surface area contributed by atoms with Gasteiger partial charge in [-0.1, -0.05) is 0 Å². The Kier molecular flexibility index (Phi) is 4.59. The third-order valence-electron chi connectivity index (χ3n) is 1.80. The molecule has 0 fully saturated rings. The van der Waals surface area contributed by atoms with E-state index in [1.807, 2.05) is 4.72 Å². The van der Waals surface area contributed by atoms with Crippen molar-refractivity contribution in [2.24, 2.45) is 0 Å². The molecule has 1 aromatic rings. The fourth-order valence-electron chi connectivity index (χ4n) is 1.09. The molecule has 17 heavy (non-hydrogen) atoms. The molecule has 0 unspecified atom stereocenters. The summed E-state index contributed by atoms with van der Waals surface area (Å²) in [6.45, 7) is 1.12. The summed E-state index contributed by atoms with van der Waals surface area (Å²) in [5.41, 5.74) is 0. The van der Waals surface area contributed by atoms with Crippen LogP contribution >= 0.6 is 15.9 Å². The van der Waals surface area contributed by atoms with Crippen molar-refractivity contribution < 1.29 is 22.3 Å². The summed E-state index contributed by atoms with van der Waals surface area (Å²) in [5, 5.41) is 8.95. The van der Waals surface area contributed by atoms with Crippen LogP contribution in [0.3, 0.4) is 0 Å². The molecule has 0 spiro atoms. The summed E-state index contributed by atoms with van der Waals surface area (Å²) in [5.74, 6) is -2.08.